The van der Waals surface area contributed by atoms with Crippen LogP contribution in [0.25, 0.3) is 0 Å². The van der Waals surface area contributed by atoms with E-state index in [9.17, 15) is 14.4 Å². The first-order chi connectivity index (χ1) is 13.0. The van der Waals surface area contributed by atoms with Gasteiger partial charge in [0.1, 0.15) is 0 Å². The van der Waals surface area contributed by atoms with E-state index in [1.165, 1.54) is 37.7 Å². The molecule has 1 aromatic rings. The first-order valence-electron chi connectivity index (χ1n) is 9.89. The van der Waals surface area contributed by atoms with Gasteiger partial charge in [0.2, 0.25) is 5.91 Å². The molecule has 0 bridgehead atoms. The zero-order valence-corrected chi connectivity index (χ0v) is 15.7. The minimum atomic E-state index is -0.498. The van der Waals surface area contributed by atoms with E-state index in [4.69, 9.17) is 10.5 Å². The third-order valence-electron chi connectivity index (χ3n) is 5.73. The average molecular weight is 372 g/mol. The molecular weight excluding hydrogens is 344 g/mol. The van der Waals surface area contributed by atoms with Crippen molar-refractivity contribution in [1.29, 1.82) is 0 Å². The van der Waals surface area contributed by atoms with Crippen molar-refractivity contribution in [1.82, 2.24) is 4.90 Å². The Morgan fingerprint density at radius 2 is 1.70 bits per heavy atom. The fourth-order valence-electron chi connectivity index (χ4n) is 4.07. The minimum absolute atomic E-state index is 0.284. The maximum Gasteiger partial charge on any atom is 0.338 e. The van der Waals surface area contributed by atoms with Crippen LogP contribution in [0.15, 0.2) is 24.3 Å². The molecule has 2 amide bonds. The lowest BCUT2D eigenvalue weighted by molar-refractivity contribution is -0.137. The standard InChI is InChI=1S/C21H28N2O4/c22-20(25)18-7-4-12-23(13-18)19(24)14-27-21(26)17-10-8-16(9-11-17)15-5-2-1-3-6-15/h8-11,15,18H,1-7,12-14H2,(H2,22,25)/t18-/m1/s1. The summed E-state index contributed by atoms with van der Waals surface area (Å²) in [4.78, 5) is 37.4. The maximum atomic E-state index is 12.3. The number of benzene rings is 1. The minimum Gasteiger partial charge on any atom is -0.452 e. The number of primary amides is 1. The van der Waals surface area contributed by atoms with Crippen molar-refractivity contribution < 1.29 is 19.1 Å². The third-order valence-corrected chi connectivity index (χ3v) is 5.73. The lowest BCUT2D eigenvalue weighted by Gasteiger charge is -2.31. The predicted octanol–water partition coefficient (Wildman–Crippen LogP) is 2.62. The highest BCUT2D eigenvalue weighted by Gasteiger charge is 2.27. The molecule has 1 aliphatic carbocycles. The van der Waals surface area contributed by atoms with Gasteiger partial charge >= 0.3 is 5.97 Å². The quantitative estimate of drug-likeness (QED) is 0.805. The first kappa shape index (κ1) is 19.4. The number of carbonyl (C=O) groups excluding carboxylic acids is 3. The van der Waals surface area contributed by atoms with Gasteiger partial charge < -0.3 is 15.4 Å². The van der Waals surface area contributed by atoms with Crippen LogP contribution in [0.5, 0.6) is 0 Å². The van der Waals surface area contributed by atoms with Gasteiger partial charge in [-0.2, -0.15) is 0 Å². The van der Waals surface area contributed by atoms with Crippen molar-refractivity contribution in [2.45, 2.75) is 50.9 Å². The lowest BCUT2D eigenvalue weighted by Crippen LogP contribution is -2.45. The predicted molar refractivity (Wildman–Crippen MR) is 101 cm³/mol. The second kappa shape index (κ2) is 9.02. The fraction of sp³-hybridized carbons (Fsp3) is 0.571. The second-order valence-electron chi connectivity index (χ2n) is 7.61. The van der Waals surface area contributed by atoms with E-state index >= 15 is 0 Å². The van der Waals surface area contributed by atoms with Crippen LogP contribution < -0.4 is 5.73 Å². The molecule has 1 heterocycles. The summed E-state index contributed by atoms with van der Waals surface area (Å²) in [5.74, 6) is -0.897. The smallest absolute Gasteiger partial charge is 0.338 e. The van der Waals surface area contributed by atoms with Crippen LogP contribution in [-0.4, -0.2) is 42.4 Å². The average Bonchev–Trinajstić information content (AvgIpc) is 2.72. The summed E-state index contributed by atoms with van der Waals surface area (Å²) < 4.78 is 5.18. The molecule has 1 aromatic carbocycles. The number of carbonyl (C=O) groups is 3. The van der Waals surface area contributed by atoms with Crippen molar-refractivity contribution in [3.05, 3.63) is 35.4 Å². The molecule has 2 N–H and O–H groups in total. The number of amides is 2. The van der Waals surface area contributed by atoms with Crippen LogP contribution >= 0.6 is 0 Å². The summed E-state index contributed by atoms with van der Waals surface area (Å²) in [6, 6.07) is 7.55. The van der Waals surface area contributed by atoms with Gasteiger partial charge in [0.25, 0.3) is 5.91 Å². The molecule has 6 heteroatoms. The highest BCUT2D eigenvalue weighted by atomic mass is 16.5. The SMILES string of the molecule is NC(=O)[C@@H]1CCCN(C(=O)COC(=O)c2ccc(C3CCCCC3)cc2)C1. The molecule has 6 nitrogen and oxygen atoms in total. The van der Waals surface area contributed by atoms with Crippen molar-refractivity contribution in [3.8, 4) is 0 Å². The molecule has 1 atom stereocenters. The summed E-state index contributed by atoms with van der Waals surface area (Å²) in [5, 5.41) is 0. The Morgan fingerprint density at radius 1 is 1.00 bits per heavy atom. The van der Waals surface area contributed by atoms with Gasteiger partial charge in [0.15, 0.2) is 6.61 Å². The second-order valence-corrected chi connectivity index (χ2v) is 7.61. The third kappa shape index (κ3) is 5.08. The number of nitrogens with zero attached hydrogens (tertiary/aromatic N) is 1. The molecule has 1 aliphatic heterocycles. The number of likely N-dealkylation sites (tertiary alicyclic amines) is 1. The Labute approximate surface area is 160 Å². The molecule has 27 heavy (non-hydrogen) atoms. The van der Waals surface area contributed by atoms with E-state index < -0.39 is 5.97 Å². The fourth-order valence-corrected chi connectivity index (χ4v) is 4.07. The number of esters is 1. The molecule has 146 valence electrons. The van der Waals surface area contributed by atoms with Crippen LogP contribution in [0, 0.1) is 5.92 Å². The monoisotopic (exact) mass is 372 g/mol. The molecule has 0 spiro atoms. The summed E-state index contributed by atoms with van der Waals surface area (Å²) in [6.07, 6.45) is 7.70. The first-order valence-corrected chi connectivity index (χ1v) is 9.89. The van der Waals surface area contributed by atoms with E-state index in [2.05, 4.69) is 0 Å². The van der Waals surface area contributed by atoms with E-state index in [-0.39, 0.29) is 24.3 Å². The Morgan fingerprint density at radius 3 is 2.37 bits per heavy atom. The van der Waals surface area contributed by atoms with Crippen LogP contribution in [0.3, 0.4) is 0 Å². The molecule has 0 aromatic heterocycles. The Kier molecular flexibility index (Phi) is 6.48. The molecule has 0 radical (unpaired) electrons. The largest absolute Gasteiger partial charge is 0.452 e. The van der Waals surface area contributed by atoms with Gasteiger partial charge in [-0.1, -0.05) is 31.4 Å². The molecule has 0 unspecified atom stereocenters. The molecule has 2 aliphatic rings. The Bertz CT molecular complexity index is 680. The summed E-state index contributed by atoms with van der Waals surface area (Å²) in [6.45, 7) is 0.562. The summed E-state index contributed by atoms with van der Waals surface area (Å²) in [7, 11) is 0. The molecular formula is C21H28N2O4. The van der Waals surface area contributed by atoms with Gasteiger partial charge in [0.05, 0.1) is 11.5 Å². The number of piperidine rings is 1. The highest BCUT2D eigenvalue weighted by molar-refractivity contribution is 5.91. The van der Waals surface area contributed by atoms with Gasteiger partial charge in [-0.25, -0.2) is 4.79 Å². The zero-order chi connectivity index (χ0) is 19.2. The van der Waals surface area contributed by atoms with Gasteiger partial charge in [-0.15, -0.1) is 0 Å². The number of rotatable bonds is 5. The van der Waals surface area contributed by atoms with Crippen LogP contribution in [0.2, 0.25) is 0 Å². The molecule has 2 fully saturated rings. The maximum absolute atomic E-state index is 12.3. The van der Waals surface area contributed by atoms with Crippen molar-refractivity contribution in [2.24, 2.45) is 11.7 Å². The van der Waals surface area contributed by atoms with E-state index in [1.54, 1.807) is 17.0 Å². The van der Waals surface area contributed by atoms with Crippen LogP contribution in [-0.2, 0) is 14.3 Å². The van der Waals surface area contributed by atoms with E-state index in [0.29, 0.717) is 31.0 Å². The topological polar surface area (TPSA) is 89.7 Å². The Balaban J connectivity index is 1.49. The Hall–Kier alpha value is -2.37. The summed E-state index contributed by atoms with van der Waals surface area (Å²) in [5.41, 5.74) is 7.06. The molecule has 1 saturated heterocycles. The van der Waals surface area contributed by atoms with E-state index in [0.717, 1.165) is 6.42 Å². The van der Waals surface area contributed by atoms with E-state index in [1.807, 2.05) is 12.1 Å². The van der Waals surface area contributed by atoms with Crippen LogP contribution in [0.1, 0.15) is 66.8 Å². The highest BCUT2D eigenvalue weighted by Crippen LogP contribution is 2.32. The summed E-state index contributed by atoms with van der Waals surface area (Å²) >= 11 is 0. The number of hydrogen-bond donors (Lipinski definition) is 1. The van der Waals surface area contributed by atoms with Crippen molar-refractivity contribution >= 4 is 17.8 Å². The van der Waals surface area contributed by atoms with Crippen molar-refractivity contribution in [3.63, 3.8) is 0 Å². The molecule has 3 rings (SSSR count). The van der Waals surface area contributed by atoms with Crippen LogP contribution in [0.4, 0.5) is 0 Å². The van der Waals surface area contributed by atoms with Gasteiger partial charge in [0, 0.05) is 13.1 Å². The zero-order valence-electron chi connectivity index (χ0n) is 15.7. The lowest BCUT2D eigenvalue weighted by atomic mass is 9.84. The molecule has 1 saturated carbocycles. The normalized spacial score (nSPS) is 20.9. The number of hydrogen-bond acceptors (Lipinski definition) is 4. The van der Waals surface area contributed by atoms with Gasteiger partial charge in [-0.05, 0) is 49.3 Å². The number of ether oxygens (including phenoxy) is 1. The van der Waals surface area contributed by atoms with Gasteiger partial charge in [-0.3, -0.25) is 9.59 Å². The van der Waals surface area contributed by atoms with Crippen molar-refractivity contribution in [2.75, 3.05) is 19.7 Å². The number of nitrogens with two attached hydrogens (primary N) is 1.